The first kappa shape index (κ1) is 18.4. The van der Waals surface area contributed by atoms with Gasteiger partial charge in [-0.2, -0.15) is 0 Å². The molecule has 0 saturated carbocycles. The quantitative estimate of drug-likeness (QED) is 0.633. The number of benzene rings is 2. The molecule has 29 heavy (non-hydrogen) atoms. The summed E-state index contributed by atoms with van der Waals surface area (Å²) in [6.07, 6.45) is 1.33. The van der Waals surface area contributed by atoms with Gasteiger partial charge in [-0.05, 0) is 30.3 Å². The monoisotopic (exact) mass is 390 g/mol. The van der Waals surface area contributed by atoms with Crippen LogP contribution in [0.25, 0.3) is 10.9 Å². The van der Waals surface area contributed by atoms with E-state index in [4.69, 9.17) is 4.74 Å². The molecule has 0 fully saturated rings. The van der Waals surface area contributed by atoms with Crippen molar-refractivity contribution in [3.05, 3.63) is 60.3 Å². The van der Waals surface area contributed by atoms with Crippen molar-refractivity contribution in [1.29, 1.82) is 0 Å². The van der Waals surface area contributed by atoms with Gasteiger partial charge >= 0.3 is 0 Å². The van der Waals surface area contributed by atoms with Crippen LogP contribution in [-0.2, 0) is 9.59 Å². The molecule has 0 aliphatic carbocycles. The predicted octanol–water partition coefficient (Wildman–Crippen LogP) is 2.32. The Bertz CT molecular complexity index is 1130. The van der Waals surface area contributed by atoms with Crippen molar-refractivity contribution in [2.24, 2.45) is 0 Å². The highest BCUT2D eigenvalue weighted by molar-refractivity contribution is 6.11. The lowest BCUT2D eigenvalue weighted by Gasteiger charge is -2.14. The zero-order chi connectivity index (χ0) is 20.4. The number of aromatic nitrogens is 1. The molecule has 0 unspecified atom stereocenters. The molecule has 0 bridgehead atoms. The van der Waals surface area contributed by atoms with E-state index in [0.717, 1.165) is 10.9 Å². The fraction of sp³-hybridized carbons (Fsp3) is 0.143. The number of carbonyl (C=O) groups is 3. The number of ether oxygens (including phenoxy) is 1. The third-order valence-electron chi connectivity index (χ3n) is 4.62. The highest BCUT2D eigenvalue weighted by Crippen LogP contribution is 2.22. The van der Waals surface area contributed by atoms with Crippen molar-refractivity contribution in [1.82, 2.24) is 10.3 Å². The van der Waals surface area contributed by atoms with Gasteiger partial charge in [0, 0.05) is 11.5 Å². The average molecular weight is 390 g/mol. The highest BCUT2D eigenvalue weighted by atomic mass is 16.5. The topological polar surface area (TPSA) is 109 Å². The van der Waals surface area contributed by atoms with Crippen molar-refractivity contribution in [2.75, 3.05) is 17.7 Å². The van der Waals surface area contributed by atoms with Gasteiger partial charge in [-0.25, -0.2) is 0 Å². The molecule has 146 valence electrons. The summed E-state index contributed by atoms with van der Waals surface area (Å²) in [4.78, 5) is 41.5. The largest absolute Gasteiger partial charge is 0.497 e. The number of nitrogens with zero attached hydrogens (tertiary/aromatic N) is 1. The van der Waals surface area contributed by atoms with E-state index in [9.17, 15) is 14.4 Å². The van der Waals surface area contributed by atoms with Crippen molar-refractivity contribution in [3.63, 3.8) is 0 Å². The maximum absolute atomic E-state index is 12.5. The number of pyridine rings is 1. The minimum Gasteiger partial charge on any atom is -0.497 e. The van der Waals surface area contributed by atoms with Crippen LogP contribution >= 0.6 is 0 Å². The third kappa shape index (κ3) is 3.86. The molecule has 0 saturated heterocycles. The normalized spacial score (nSPS) is 15.7. The van der Waals surface area contributed by atoms with Crippen LogP contribution in [0.4, 0.5) is 11.4 Å². The molecule has 8 heteroatoms. The van der Waals surface area contributed by atoms with E-state index in [1.165, 1.54) is 6.20 Å². The molecule has 1 atom stereocenters. The summed E-state index contributed by atoms with van der Waals surface area (Å²) >= 11 is 0. The van der Waals surface area contributed by atoms with Crippen molar-refractivity contribution >= 4 is 40.0 Å². The van der Waals surface area contributed by atoms with Crippen molar-refractivity contribution in [2.45, 2.75) is 12.5 Å². The Morgan fingerprint density at radius 2 is 2.00 bits per heavy atom. The molecule has 2 aromatic carbocycles. The van der Waals surface area contributed by atoms with Crippen LogP contribution in [0, 0.1) is 0 Å². The number of fused-ring (bicyclic) bond motifs is 2. The van der Waals surface area contributed by atoms with Gasteiger partial charge < -0.3 is 20.7 Å². The third-order valence-corrected chi connectivity index (χ3v) is 4.62. The molecule has 1 aliphatic rings. The number of para-hydroxylation sites is 1. The molecule has 2 heterocycles. The standard InChI is InChI=1S/C21H18N4O4/c1-29-14-7-6-12-8-13(11-22-17(12)9-14)23-19(26)10-18-21(28)24-16-5-3-2-4-15(16)20(27)25-18/h2-9,11,18H,10H2,1H3,(H,23,26)(H,24,28)(H,25,27)/t18-/m1/s1. The van der Waals surface area contributed by atoms with Crippen LogP contribution in [-0.4, -0.2) is 35.9 Å². The van der Waals surface area contributed by atoms with Gasteiger partial charge in [0.1, 0.15) is 11.8 Å². The first-order chi connectivity index (χ1) is 14.0. The van der Waals surface area contributed by atoms with E-state index in [-0.39, 0.29) is 6.42 Å². The summed E-state index contributed by atoms with van der Waals surface area (Å²) in [6.45, 7) is 0. The number of amides is 3. The van der Waals surface area contributed by atoms with Crippen LogP contribution < -0.4 is 20.7 Å². The van der Waals surface area contributed by atoms with Gasteiger partial charge in [0.15, 0.2) is 0 Å². The Balaban J connectivity index is 1.46. The maximum atomic E-state index is 12.5. The summed E-state index contributed by atoms with van der Waals surface area (Å²) in [5, 5.41) is 8.84. The van der Waals surface area contributed by atoms with Gasteiger partial charge in [0.05, 0.1) is 42.2 Å². The number of carbonyl (C=O) groups excluding carboxylic acids is 3. The number of methoxy groups -OCH3 is 1. The second-order valence-corrected chi connectivity index (χ2v) is 6.60. The Morgan fingerprint density at radius 3 is 2.83 bits per heavy atom. The van der Waals surface area contributed by atoms with Crippen LogP contribution in [0.1, 0.15) is 16.8 Å². The van der Waals surface area contributed by atoms with Gasteiger partial charge in [-0.3, -0.25) is 19.4 Å². The SMILES string of the molecule is COc1ccc2cc(NC(=O)C[C@H]3NC(=O)c4ccccc4NC3=O)cnc2c1. The number of nitrogens with one attached hydrogen (secondary N) is 3. The molecule has 0 spiro atoms. The number of hydrogen-bond acceptors (Lipinski definition) is 5. The van der Waals surface area contributed by atoms with Gasteiger partial charge in [0.25, 0.3) is 5.91 Å². The molecule has 1 aromatic heterocycles. The smallest absolute Gasteiger partial charge is 0.254 e. The lowest BCUT2D eigenvalue weighted by molar-refractivity contribution is -0.122. The Kier molecular flexibility index (Phi) is 4.82. The lowest BCUT2D eigenvalue weighted by atomic mass is 10.1. The van der Waals surface area contributed by atoms with Gasteiger partial charge in [0.2, 0.25) is 11.8 Å². The van der Waals surface area contributed by atoms with Crippen LogP contribution in [0.5, 0.6) is 5.75 Å². The average Bonchev–Trinajstić information content (AvgIpc) is 2.84. The molecule has 4 rings (SSSR count). The zero-order valence-electron chi connectivity index (χ0n) is 15.6. The first-order valence-corrected chi connectivity index (χ1v) is 8.98. The van der Waals surface area contributed by atoms with Crippen LogP contribution in [0.2, 0.25) is 0 Å². The molecular formula is C21H18N4O4. The molecule has 1 aliphatic heterocycles. The van der Waals surface area contributed by atoms with Crippen molar-refractivity contribution < 1.29 is 19.1 Å². The molecule has 0 radical (unpaired) electrons. The molecule has 3 amide bonds. The van der Waals surface area contributed by atoms with E-state index >= 15 is 0 Å². The minimum atomic E-state index is -0.979. The van der Waals surface area contributed by atoms with Crippen LogP contribution in [0.15, 0.2) is 54.7 Å². The maximum Gasteiger partial charge on any atom is 0.254 e. The second kappa shape index (κ2) is 7.59. The van der Waals surface area contributed by atoms with Gasteiger partial charge in [-0.1, -0.05) is 12.1 Å². The molecule has 3 aromatic rings. The van der Waals surface area contributed by atoms with E-state index in [2.05, 4.69) is 20.9 Å². The lowest BCUT2D eigenvalue weighted by Crippen LogP contribution is -2.43. The summed E-state index contributed by atoms with van der Waals surface area (Å²) in [5.41, 5.74) is 2.01. The second-order valence-electron chi connectivity index (χ2n) is 6.60. The van der Waals surface area contributed by atoms with E-state index in [1.807, 2.05) is 6.07 Å². The van der Waals surface area contributed by atoms with Crippen molar-refractivity contribution in [3.8, 4) is 5.75 Å². The fourth-order valence-corrected chi connectivity index (χ4v) is 3.15. The van der Waals surface area contributed by atoms with E-state index in [1.54, 1.807) is 49.6 Å². The van der Waals surface area contributed by atoms with E-state index in [0.29, 0.717) is 22.7 Å². The Morgan fingerprint density at radius 1 is 1.17 bits per heavy atom. The zero-order valence-corrected chi connectivity index (χ0v) is 15.6. The molecular weight excluding hydrogens is 372 g/mol. The van der Waals surface area contributed by atoms with E-state index < -0.39 is 23.8 Å². The summed E-state index contributed by atoms with van der Waals surface area (Å²) in [5.74, 6) is -0.566. The number of rotatable bonds is 4. The highest BCUT2D eigenvalue weighted by Gasteiger charge is 2.29. The van der Waals surface area contributed by atoms with Gasteiger partial charge in [-0.15, -0.1) is 0 Å². The Hall–Kier alpha value is -3.94. The first-order valence-electron chi connectivity index (χ1n) is 8.98. The summed E-state index contributed by atoms with van der Waals surface area (Å²) in [7, 11) is 1.58. The molecule has 8 nitrogen and oxygen atoms in total. The van der Waals surface area contributed by atoms with Crippen LogP contribution in [0.3, 0.4) is 0 Å². The minimum absolute atomic E-state index is 0.202. The fourth-order valence-electron chi connectivity index (χ4n) is 3.15. The number of anilines is 2. The Labute approximate surface area is 166 Å². The predicted molar refractivity (Wildman–Crippen MR) is 108 cm³/mol. The number of hydrogen-bond donors (Lipinski definition) is 3. The summed E-state index contributed by atoms with van der Waals surface area (Å²) < 4.78 is 5.17. The summed E-state index contributed by atoms with van der Waals surface area (Å²) in [6, 6.07) is 12.9. The molecule has 3 N–H and O–H groups in total.